The van der Waals surface area contributed by atoms with Gasteiger partial charge in [-0.25, -0.2) is 9.78 Å². The molecule has 1 N–H and O–H groups in total. The lowest BCUT2D eigenvalue weighted by molar-refractivity contribution is -0.134. The molecule has 3 atom stereocenters. The number of carbonyl (C=O) groups excluding carboxylic acids is 2. The van der Waals surface area contributed by atoms with Crippen molar-refractivity contribution < 1.29 is 18.8 Å². The topological polar surface area (TPSA) is 77.5 Å². The Morgan fingerprint density at radius 3 is 2.59 bits per heavy atom. The number of esters is 1. The van der Waals surface area contributed by atoms with Crippen molar-refractivity contribution in [2.75, 3.05) is 12.4 Å². The standard InChI is InChI=1S/C21H34N2O4SSi/c1-14(24)22-20-23-18(13-28-20)17-12-16(27-29(6,7)21(2,3)4)10-8-15(17)9-11-19(25)26-5/h9,11,13,15-17H,8,10,12H2,1-7H3,(H,22,23,24)/t15?,16-,17+/m0/s1. The number of aromatic nitrogens is 1. The predicted molar refractivity (Wildman–Crippen MR) is 120 cm³/mol. The van der Waals surface area contributed by atoms with Crippen LogP contribution in [0.3, 0.4) is 0 Å². The molecule has 1 aromatic rings. The quantitative estimate of drug-likeness (QED) is 0.380. The first-order chi connectivity index (χ1) is 13.4. The molecule has 1 amide bonds. The molecule has 6 nitrogen and oxygen atoms in total. The van der Waals surface area contributed by atoms with Crippen LogP contribution in [0.2, 0.25) is 18.1 Å². The number of hydrogen-bond donors (Lipinski definition) is 1. The Morgan fingerprint density at radius 1 is 1.31 bits per heavy atom. The second kappa shape index (κ2) is 9.53. The third kappa shape index (κ3) is 6.49. The number of nitrogens with one attached hydrogen (secondary N) is 1. The number of amides is 1. The molecule has 0 radical (unpaired) electrons. The zero-order valence-corrected chi connectivity index (χ0v) is 20.4. The molecular weight excluding hydrogens is 404 g/mol. The number of hydrogen-bond acceptors (Lipinski definition) is 6. The van der Waals surface area contributed by atoms with Gasteiger partial charge in [-0.05, 0) is 43.3 Å². The Balaban J connectivity index is 2.23. The monoisotopic (exact) mass is 438 g/mol. The fraction of sp³-hybridized carbons (Fsp3) is 0.667. The highest BCUT2D eigenvalue weighted by Crippen LogP contribution is 2.44. The smallest absolute Gasteiger partial charge is 0.330 e. The van der Waals surface area contributed by atoms with Crippen LogP contribution >= 0.6 is 11.3 Å². The van der Waals surface area contributed by atoms with E-state index in [0.29, 0.717) is 5.13 Å². The van der Waals surface area contributed by atoms with E-state index in [4.69, 9.17) is 9.16 Å². The fourth-order valence-electron chi connectivity index (χ4n) is 3.36. The molecule has 1 aliphatic rings. The summed E-state index contributed by atoms with van der Waals surface area (Å²) in [6.45, 7) is 12.8. The zero-order valence-electron chi connectivity index (χ0n) is 18.6. The Kier molecular flexibility index (Phi) is 7.81. The lowest BCUT2D eigenvalue weighted by atomic mass is 9.76. The summed E-state index contributed by atoms with van der Waals surface area (Å²) < 4.78 is 11.4. The minimum Gasteiger partial charge on any atom is -0.466 e. The molecule has 0 aliphatic heterocycles. The minimum absolute atomic E-state index is 0.129. The first-order valence-electron chi connectivity index (χ1n) is 10.1. The molecular formula is C21H34N2O4SSi. The SMILES string of the molecule is COC(=O)C=CC1CC[C@H](O[Si](C)(C)C(C)(C)C)C[C@H]1c1csc(NC(C)=O)n1. The van der Waals surface area contributed by atoms with Crippen LogP contribution in [0.25, 0.3) is 0 Å². The minimum atomic E-state index is -1.87. The van der Waals surface area contributed by atoms with Gasteiger partial charge in [-0.15, -0.1) is 11.3 Å². The molecule has 162 valence electrons. The van der Waals surface area contributed by atoms with Gasteiger partial charge in [0.1, 0.15) is 0 Å². The van der Waals surface area contributed by atoms with E-state index in [1.54, 1.807) is 0 Å². The lowest BCUT2D eigenvalue weighted by Gasteiger charge is -2.42. The summed E-state index contributed by atoms with van der Waals surface area (Å²) in [5.74, 6) is -0.157. The zero-order chi connectivity index (χ0) is 21.8. The van der Waals surface area contributed by atoms with Crippen LogP contribution in [0, 0.1) is 5.92 Å². The van der Waals surface area contributed by atoms with Gasteiger partial charge < -0.3 is 14.5 Å². The Labute approximate surface area is 179 Å². The average molecular weight is 439 g/mol. The van der Waals surface area contributed by atoms with Crippen LogP contribution in [0.4, 0.5) is 5.13 Å². The molecule has 29 heavy (non-hydrogen) atoms. The Morgan fingerprint density at radius 2 is 2.00 bits per heavy atom. The molecule has 0 aromatic carbocycles. The molecule has 0 saturated heterocycles. The van der Waals surface area contributed by atoms with E-state index in [1.807, 2.05) is 11.5 Å². The number of allylic oxidation sites excluding steroid dienone is 1. The van der Waals surface area contributed by atoms with Crippen molar-refractivity contribution in [2.24, 2.45) is 5.92 Å². The molecule has 0 spiro atoms. The van der Waals surface area contributed by atoms with E-state index >= 15 is 0 Å². The van der Waals surface area contributed by atoms with Crippen LogP contribution < -0.4 is 5.32 Å². The fourth-order valence-corrected chi connectivity index (χ4v) is 5.58. The van der Waals surface area contributed by atoms with Crippen LogP contribution in [-0.2, 0) is 18.8 Å². The Bertz CT molecular complexity index is 754. The van der Waals surface area contributed by atoms with Gasteiger partial charge in [-0.2, -0.15) is 0 Å². The summed E-state index contributed by atoms with van der Waals surface area (Å²) in [6, 6.07) is 0. The van der Waals surface area contributed by atoms with E-state index < -0.39 is 8.32 Å². The first kappa shape index (κ1) is 23.8. The van der Waals surface area contributed by atoms with Gasteiger partial charge in [0.2, 0.25) is 5.91 Å². The van der Waals surface area contributed by atoms with Crippen molar-refractivity contribution in [1.29, 1.82) is 0 Å². The predicted octanol–water partition coefficient (Wildman–Crippen LogP) is 5.10. The summed E-state index contributed by atoms with van der Waals surface area (Å²) in [5.41, 5.74) is 0.946. The van der Waals surface area contributed by atoms with Crippen molar-refractivity contribution >= 4 is 36.7 Å². The highest BCUT2D eigenvalue weighted by atomic mass is 32.1. The number of anilines is 1. The average Bonchev–Trinajstić information content (AvgIpc) is 3.06. The van der Waals surface area contributed by atoms with Crippen LogP contribution in [-0.4, -0.2) is 38.4 Å². The van der Waals surface area contributed by atoms with E-state index in [1.165, 1.54) is 31.4 Å². The second-order valence-corrected chi connectivity index (χ2v) is 14.8. The maximum atomic E-state index is 11.6. The lowest BCUT2D eigenvalue weighted by Crippen LogP contribution is -2.45. The molecule has 1 unspecified atom stereocenters. The van der Waals surface area contributed by atoms with Crippen LogP contribution in [0.5, 0.6) is 0 Å². The summed E-state index contributed by atoms with van der Waals surface area (Å²) in [4.78, 5) is 27.6. The highest BCUT2D eigenvalue weighted by molar-refractivity contribution is 7.13. The van der Waals surface area contributed by atoms with Crippen LogP contribution in [0.15, 0.2) is 17.5 Å². The largest absolute Gasteiger partial charge is 0.466 e. The van der Waals surface area contributed by atoms with Gasteiger partial charge in [0, 0.05) is 30.4 Å². The van der Waals surface area contributed by atoms with Gasteiger partial charge in [0.15, 0.2) is 13.4 Å². The van der Waals surface area contributed by atoms with Gasteiger partial charge >= 0.3 is 5.97 Å². The van der Waals surface area contributed by atoms with Gasteiger partial charge in [-0.3, -0.25) is 4.79 Å². The second-order valence-electron chi connectivity index (χ2n) is 9.22. The van der Waals surface area contributed by atoms with Gasteiger partial charge in [0.05, 0.1) is 12.8 Å². The van der Waals surface area contributed by atoms with Crippen molar-refractivity contribution in [3.63, 3.8) is 0 Å². The number of rotatable bonds is 6. The van der Waals surface area contributed by atoms with Crippen molar-refractivity contribution in [3.8, 4) is 0 Å². The number of ether oxygens (including phenoxy) is 1. The van der Waals surface area contributed by atoms with Crippen molar-refractivity contribution in [1.82, 2.24) is 4.98 Å². The van der Waals surface area contributed by atoms with Gasteiger partial charge in [0.25, 0.3) is 0 Å². The normalized spacial score (nSPS) is 23.2. The number of nitrogens with zero attached hydrogens (tertiary/aromatic N) is 1. The summed E-state index contributed by atoms with van der Waals surface area (Å²) in [5, 5.41) is 5.53. The number of carbonyl (C=O) groups is 2. The molecule has 0 bridgehead atoms. The third-order valence-corrected chi connectivity index (χ3v) is 11.3. The van der Waals surface area contributed by atoms with E-state index in [-0.39, 0.29) is 34.9 Å². The Hall–Kier alpha value is -1.51. The summed E-state index contributed by atoms with van der Waals surface area (Å²) in [6.07, 6.45) is 6.36. The van der Waals surface area contributed by atoms with E-state index in [0.717, 1.165) is 25.0 Å². The van der Waals surface area contributed by atoms with E-state index in [2.05, 4.69) is 44.2 Å². The molecule has 2 rings (SSSR count). The first-order valence-corrected chi connectivity index (χ1v) is 13.9. The number of methoxy groups -OCH3 is 1. The third-order valence-electron chi connectivity index (χ3n) is 5.99. The molecule has 8 heteroatoms. The van der Waals surface area contributed by atoms with Crippen LogP contribution in [0.1, 0.15) is 58.6 Å². The molecule has 1 aliphatic carbocycles. The highest BCUT2D eigenvalue weighted by Gasteiger charge is 2.41. The summed E-state index contributed by atoms with van der Waals surface area (Å²) in [7, 11) is -0.487. The number of thiazole rings is 1. The van der Waals surface area contributed by atoms with Crippen molar-refractivity contribution in [3.05, 3.63) is 23.2 Å². The van der Waals surface area contributed by atoms with E-state index in [9.17, 15) is 9.59 Å². The molecule has 1 aromatic heterocycles. The van der Waals surface area contributed by atoms with Crippen molar-refractivity contribution in [2.45, 2.75) is 77.1 Å². The maximum Gasteiger partial charge on any atom is 0.330 e. The maximum absolute atomic E-state index is 11.6. The molecule has 1 saturated carbocycles. The molecule has 1 fully saturated rings. The summed E-state index contributed by atoms with van der Waals surface area (Å²) >= 11 is 1.43. The van der Waals surface area contributed by atoms with Gasteiger partial charge in [-0.1, -0.05) is 26.8 Å². The molecule has 1 heterocycles.